The largest absolute Gasteiger partial charge is 0.493 e. The molecule has 1 atom stereocenters. The summed E-state index contributed by atoms with van der Waals surface area (Å²) in [6, 6.07) is 3.83. The normalized spacial score (nSPS) is 12.1. The molecule has 114 valence electrons. The van der Waals surface area contributed by atoms with Gasteiger partial charge in [0.2, 0.25) is 5.75 Å². The number of methoxy groups -OCH3 is 3. The van der Waals surface area contributed by atoms with Gasteiger partial charge in [-0.15, -0.1) is 0 Å². The van der Waals surface area contributed by atoms with E-state index in [4.69, 9.17) is 19.3 Å². The summed E-state index contributed by atoms with van der Waals surface area (Å²) in [5.41, 5.74) is 1.02. The molecule has 0 aliphatic carbocycles. The predicted molar refractivity (Wildman–Crippen MR) is 78.7 cm³/mol. The van der Waals surface area contributed by atoms with Crippen molar-refractivity contribution in [3.8, 4) is 17.2 Å². The van der Waals surface area contributed by atoms with E-state index in [1.807, 2.05) is 12.1 Å². The van der Waals surface area contributed by atoms with Crippen LogP contribution in [-0.2, 0) is 6.54 Å². The number of aliphatic hydroxyl groups is 1. The van der Waals surface area contributed by atoms with Crippen molar-refractivity contribution in [1.29, 1.82) is 0 Å². The zero-order valence-corrected chi connectivity index (χ0v) is 12.7. The van der Waals surface area contributed by atoms with Crippen molar-refractivity contribution in [2.24, 2.45) is 5.92 Å². The molecular weight excluding hydrogens is 258 g/mol. The first-order valence-corrected chi connectivity index (χ1v) is 6.77. The molecule has 2 N–H and O–H groups in total. The van der Waals surface area contributed by atoms with Crippen LogP contribution >= 0.6 is 0 Å². The minimum absolute atomic E-state index is 0.225. The van der Waals surface area contributed by atoms with Crippen molar-refractivity contribution in [2.45, 2.75) is 19.9 Å². The Hall–Kier alpha value is -1.46. The van der Waals surface area contributed by atoms with Gasteiger partial charge in [-0.2, -0.15) is 0 Å². The average Bonchev–Trinajstić information content (AvgIpc) is 2.46. The van der Waals surface area contributed by atoms with E-state index < -0.39 is 0 Å². The molecule has 1 aromatic carbocycles. The molecule has 0 bridgehead atoms. The van der Waals surface area contributed by atoms with Crippen LogP contribution in [0.25, 0.3) is 0 Å². The van der Waals surface area contributed by atoms with Crippen LogP contribution in [0, 0.1) is 5.92 Å². The van der Waals surface area contributed by atoms with Crippen molar-refractivity contribution in [1.82, 2.24) is 5.32 Å². The minimum Gasteiger partial charge on any atom is -0.493 e. The fourth-order valence-electron chi connectivity index (χ4n) is 2.08. The molecule has 0 amide bonds. The van der Waals surface area contributed by atoms with Gasteiger partial charge in [0, 0.05) is 18.7 Å². The van der Waals surface area contributed by atoms with E-state index in [-0.39, 0.29) is 6.61 Å². The summed E-state index contributed by atoms with van der Waals surface area (Å²) in [6.07, 6.45) is 0.802. The second kappa shape index (κ2) is 8.66. The Morgan fingerprint density at radius 3 is 2.35 bits per heavy atom. The van der Waals surface area contributed by atoms with Crippen LogP contribution in [0.5, 0.6) is 17.2 Å². The Morgan fingerprint density at radius 1 is 1.10 bits per heavy atom. The zero-order chi connectivity index (χ0) is 15.0. The van der Waals surface area contributed by atoms with Crippen LogP contribution in [-0.4, -0.2) is 39.6 Å². The van der Waals surface area contributed by atoms with Gasteiger partial charge >= 0.3 is 0 Å². The second-order valence-electron chi connectivity index (χ2n) is 4.74. The van der Waals surface area contributed by atoms with Crippen LogP contribution in [0.1, 0.15) is 18.9 Å². The number of aliphatic hydroxyl groups excluding tert-OH is 1. The first-order valence-electron chi connectivity index (χ1n) is 6.77. The highest BCUT2D eigenvalue weighted by Crippen LogP contribution is 2.39. The van der Waals surface area contributed by atoms with E-state index in [0.717, 1.165) is 18.5 Å². The zero-order valence-electron chi connectivity index (χ0n) is 12.7. The smallest absolute Gasteiger partial charge is 0.203 e. The lowest BCUT2D eigenvalue weighted by Gasteiger charge is -2.17. The van der Waals surface area contributed by atoms with E-state index in [2.05, 4.69) is 12.2 Å². The van der Waals surface area contributed by atoms with Crippen LogP contribution in [0.2, 0.25) is 0 Å². The lowest BCUT2D eigenvalue weighted by atomic mass is 10.1. The molecule has 20 heavy (non-hydrogen) atoms. The van der Waals surface area contributed by atoms with Gasteiger partial charge in [-0.05, 0) is 24.9 Å². The van der Waals surface area contributed by atoms with Gasteiger partial charge in [0.1, 0.15) is 0 Å². The van der Waals surface area contributed by atoms with Crippen molar-refractivity contribution in [3.05, 3.63) is 17.7 Å². The van der Waals surface area contributed by atoms with Crippen LogP contribution in [0.3, 0.4) is 0 Å². The molecule has 0 fully saturated rings. The average molecular weight is 283 g/mol. The Bertz CT molecular complexity index is 409. The third kappa shape index (κ3) is 4.28. The molecule has 0 aromatic heterocycles. The van der Waals surface area contributed by atoms with Crippen LogP contribution in [0.4, 0.5) is 0 Å². The Morgan fingerprint density at radius 2 is 1.80 bits per heavy atom. The van der Waals surface area contributed by atoms with Crippen molar-refractivity contribution in [2.75, 3.05) is 34.5 Å². The maximum atomic E-state index is 8.88. The first-order chi connectivity index (χ1) is 9.67. The summed E-state index contributed by atoms with van der Waals surface area (Å²) >= 11 is 0. The van der Waals surface area contributed by atoms with E-state index >= 15 is 0 Å². The molecular formula is C15H25NO4. The molecule has 0 saturated carbocycles. The third-order valence-electron chi connectivity index (χ3n) is 3.22. The molecule has 1 unspecified atom stereocenters. The fourth-order valence-corrected chi connectivity index (χ4v) is 2.08. The topological polar surface area (TPSA) is 60.0 Å². The third-order valence-corrected chi connectivity index (χ3v) is 3.22. The second-order valence-corrected chi connectivity index (χ2v) is 4.74. The lowest BCUT2D eigenvalue weighted by molar-refractivity contribution is 0.260. The number of nitrogens with one attached hydrogen (secondary N) is 1. The summed E-state index contributed by atoms with van der Waals surface area (Å²) in [5.74, 6) is 2.39. The van der Waals surface area contributed by atoms with Gasteiger partial charge in [-0.1, -0.05) is 13.0 Å². The first kappa shape index (κ1) is 16.6. The molecule has 0 aliphatic heterocycles. The summed E-state index contributed by atoms with van der Waals surface area (Å²) in [5, 5.41) is 12.2. The Balaban J connectivity index is 2.75. The van der Waals surface area contributed by atoms with Crippen LogP contribution in [0.15, 0.2) is 12.1 Å². The molecule has 5 nitrogen and oxygen atoms in total. The lowest BCUT2D eigenvalue weighted by Crippen LogP contribution is -2.21. The van der Waals surface area contributed by atoms with Crippen molar-refractivity contribution < 1.29 is 19.3 Å². The summed E-state index contributed by atoms with van der Waals surface area (Å²) in [7, 11) is 4.82. The quantitative estimate of drug-likeness (QED) is 0.724. The number of ether oxygens (including phenoxy) is 3. The van der Waals surface area contributed by atoms with Gasteiger partial charge in [0.15, 0.2) is 11.5 Å². The number of hydrogen-bond donors (Lipinski definition) is 2. The highest BCUT2D eigenvalue weighted by Gasteiger charge is 2.15. The van der Waals surface area contributed by atoms with E-state index in [1.165, 1.54) is 0 Å². The molecule has 5 heteroatoms. The molecule has 0 heterocycles. The Labute approximate surface area is 120 Å². The van der Waals surface area contributed by atoms with Crippen molar-refractivity contribution in [3.63, 3.8) is 0 Å². The summed E-state index contributed by atoms with van der Waals surface area (Å²) in [6.45, 7) is 3.86. The molecule has 0 spiro atoms. The highest BCUT2D eigenvalue weighted by atomic mass is 16.5. The SMILES string of the molecule is COc1ccc(CNCC(C)CCO)c(OC)c1OC. The Kier molecular flexibility index (Phi) is 7.18. The van der Waals surface area contributed by atoms with Gasteiger partial charge < -0.3 is 24.6 Å². The van der Waals surface area contributed by atoms with Gasteiger partial charge in [0.05, 0.1) is 21.3 Å². The van der Waals surface area contributed by atoms with E-state index in [9.17, 15) is 0 Å². The number of benzene rings is 1. The fraction of sp³-hybridized carbons (Fsp3) is 0.600. The predicted octanol–water partition coefficient (Wildman–Crippen LogP) is 1.82. The van der Waals surface area contributed by atoms with Gasteiger partial charge in [-0.25, -0.2) is 0 Å². The van der Waals surface area contributed by atoms with Gasteiger partial charge in [-0.3, -0.25) is 0 Å². The summed E-state index contributed by atoms with van der Waals surface area (Å²) in [4.78, 5) is 0. The van der Waals surface area contributed by atoms with Crippen LogP contribution < -0.4 is 19.5 Å². The molecule has 0 aliphatic rings. The summed E-state index contributed by atoms with van der Waals surface area (Å²) < 4.78 is 16.0. The number of rotatable bonds is 9. The van der Waals surface area contributed by atoms with Crippen molar-refractivity contribution >= 4 is 0 Å². The standard InChI is InChI=1S/C15H25NO4/c1-11(7-8-17)9-16-10-12-5-6-13(18-2)15(20-4)14(12)19-3/h5-6,11,16-17H,7-10H2,1-4H3. The number of hydrogen-bond acceptors (Lipinski definition) is 5. The van der Waals surface area contributed by atoms with Gasteiger partial charge in [0.25, 0.3) is 0 Å². The monoisotopic (exact) mass is 283 g/mol. The maximum Gasteiger partial charge on any atom is 0.203 e. The van der Waals surface area contributed by atoms with E-state index in [1.54, 1.807) is 21.3 Å². The molecule has 1 rings (SSSR count). The molecule has 1 aromatic rings. The highest BCUT2D eigenvalue weighted by molar-refractivity contribution is 5.55. The van der Waals surface area contributed by atoms with E-state index in [0.29, 0.717) is 29.7 Å². The maximum absolute atomic E-state index is 8.88. The molecule has 0 radical (unpaired) electrons. The minimum atomic E-state index is 0.225. The molecule has 0 saturated heterocycles.